The van der Waals surface area contributed by atoms with Crippen LogP contribution in [0.4, 0.5) is 0 Å². The number of aryl methyl sites for hydroxylation is 1. The van der Waals surface area contributed by atoms with E-state index in [1.165, 1.54) is 0 Å². The fourth-order valence-electron chi connectivity index (χ4n) is 3.78. The third-order valence-electron chi connectivity index (χ3n) is 5.20. The van der Waals surface area contributed by atoms with E-state index >= 15 is 0 Å². The Morgan fingerprint density at radius 2 is 2.08 bits per heavy atom. The lowest BCUT2D eigenvalue weighted by Gasteiger charge is -2.28. The molecule has 0 N–H and O–H groups in total. The van der Waals surface area contributed by atoms with Crippen molar-refractivity contribution in [1.29, 1.82) is 0 Å². The van der Waals surface area contributed by atoms with Crippen LogP contribution in [0.2, 0.25) is 0 Å². The standard InChI is InChI=1S/C21H24N2O3/c1-2-15-11-12-20(25-15)18-9-4-3-7-13-23(18)21(24)14-17-16-8-5-6-10-19(16)26-22-17/h5-6,8,10-12,18H,2-4,7,9,13-14H2,1H3. The highest BCUT2D eigenvalue weighted by Crippen LogP contribution is 2.32. The zero-order valence-corrected chi connectivity index (χ0v) is 15.1. The number of para-hydroxylation sites is 1. The lowest BCUT2D eigenvalue weighted by Crippen LogP contribution is -2.35. The smallest absolute Gasteiger partial charge is 0.229 e. The van der Waals surface area contributed by atoms with Gasteiger partial charge in [0.1, 0.15) is 17.2 Å². The molecule has 3 aromatic rings. The maximum Gasteiger partial charge on any atom is 0.229 e. The number of hydrogen-bond donors (Lipinski definition) is 0. The van der Waals surface area contributed by atoms with Crippen LogP contribution < -0.4 is 0 Å². The highest BCUT2D eigenvalue weighted by atomic mass is 16.5. The summed E-state index contributed by atoms with van der Waals surface area (Å²) in [6.45, 7) is 2.84. The van der Waals surface area contributed by atoms with Gasteiger partial charge in [-0.3, -0.25) is 4.79 Å². The largest absolute Gasteiger partial charge is 0.464 e. The molecule has 0 saturated carbocycles. The SMILES string of the molecule is CCc1ccc(C2CCCCCN2C(=O)Cc2noc3ccccc23)o1. The van der Waals surface area contributed by atoms with Gasteiger partial charge >= 0.3 is 0 Å². The van der Waals surface area contributed by atoms with Crippen molar-refractivity contribution in [3.05, 3.63) is 53.6 Å². The lowest BCUT2D eigenvalue weighted by molar-refractivity contribution is -0.133. The molecule has 1 aliphatic heterocycles. The molecule has 0 radical (unpaired) electrons. The van der Waals surface area contributed by atoms with E-state index < -0.39 is 0 Å². The summed E-state index contributed by atoms with van der Waals surface area (Å²) in [5.41, 5.74) is 1.43. The minimum Gasteiger partial charge on any atom is -0.464 e. The Bertz CT molecular complexity index is 895. The topological polar surface area (TPSA) is 59.5 Å². The Morgan fingerprint density at radius 3 is 2.92 bits per heavy atom. The first kappa shape index (κ1) is 16.9. The quantitative estimate of drug-likeness (QED) is 0.684. The molecule has 26 heavy (non-hydrogen) atoms. The molecule has 1 aromatic carbocycles. The van der Waals surface area contributed by atoms with Gasteiger partial charge in [-0.2, -0.15) is 0 Å². The molecule has 0 aliphatic carbocycles. The van der Waals surface area contributed by atoms with Crippen LogP contribution in [0.3, 0.4) is 0 Å². The summed E-state index contributed by atoms with van der Waals surface area (Å²) < 4.78 is 11.3. The van der Waals surface area contributed by atoms with Crippen molar-refractivity contribution < 1.29 is 13.7 Å². The molecule has 1 unspecified atom stereocenters. The number of rotatable bonds is 4. The molecular weight excluding hydrogens is 328 g/mol. The second-order valence-corrected chi connectivity index (χ2v) is 6.91. The molecule has 0 spiro atoms. The van der Waals surface area contributed by atoms with Crippen LogP contribution in [0.25, 0.3) is 11.0 Å². The van der Waals surface area contributed by atoms with Crippen LogP contribution >= 0.6 is 0 Å². The van der Waals surface area contributed by atoms with Gasteiger partial charge in [0.05, 0.1) is 12.5 Å². The minimum atomic E-state index is 0.0171. The molecule has 1 amide bonds. The van der Waals surface area contributed by atoms with Crippen LogP contribution in [-0.4, -0.2) is 22.5 Å². The summed E-state index contributed by atoms with van der Waals surface area (Å²) in [7, 11) is 0. The average molecular weight is 352 g/mol. The first-order valence-electron chi connectivity index (χ1n) is 9.47. The molecule has 1 aliphatic rings. The van der Waals surface area contributed by atoms with E-state index in [1.807, 2.05) is 41.3 Å². The zero-order valence-electron chi connectivity index (χ0n) is 15.1. The third-order valence-corrected chi connectivity index (χ3v) is 5.20. The number of carbonyl (C=O) groups is 1. The molecule has 3 heterocycles. The summed E-state index contributed by atoms with van der Waals surface area (Å²) in [6.07, 6.45) is 5.36. The van der Waals surface area contributed by atoms with Crippen molar-refractivity contribution >= 4 is 16.9 Å². The first-order valence-corrected chi connectivity index (χ1v) is 9.47. The van der Waals surface area contributed by atoms with Crippen molar-refractivity contribution in [3.63, 3.8) is 0 Å². The number of amides is 1. The van der Waals surface area contributed by atoms with Gasteiger partial charge in [0.25, 0.3) is 0 Å². The number of aromatic nitrogens is 1. The number of fused-ring (bicyclic) bond motifs is 1. The molecule has 136 valence electrons. The van der Waals surface area contributed by atoms with Crippen molar-refractivity contribution in [2.45, 2.75) is 51.5 Å². The Balaban J connectivity index is 1.58. The molecule has 1 atom stereocenters. The maximum atomic E-state index is 13.1. The van der Waals surface area contributed by atoms with Crippen LogP contribution in [0.15, 0.2) is 45.3 Å². The van der Waals surface area contributed by atoms with Crippen LogP contribution in [0.1, 0.15) is 55.9 Å². The van der Waals surface area contributed by atoms with Gasteiger partial charge in [-0.1, -0.05) is 37.1 Å². The highest BCUT2D eigenvalue weighted by molar-refractivity contribution is 5.86. The van der Waals surface area contributed by atoms with E-state index in [0.717, 1.165) is 61.1 Å². The van der Waals surface area contributed by atoms with E-state index in [2.05, 4.69) is 12.1 Å². The summed E-state index contributed by atoms with van der Waals surface area (Å²) >= 11 is 0. The molecule has 4 rings (SSSR count). The van der Waals surface area contributed by atoms with E-state index in [4.69, 9.17) is 8.94 Å². The van der Waals surface area contributed by atoms with Crippen LogP contribution in [-0.2, 0) is 17.6 Å². The molecule has 5 nitrogen and oxygen atoms in total. The normalized spacial score (nSPS) is 18.2. The number of hydrogen-bond acceptors (Lipinski definition) is 4. The second-order valence-electron chi connectivity index (χ2n) is 6.91. The summed E-state index contributed by atoms with van der Waals surface area (Å²) in [5, 5.41) is 5.04. The van der Waals surface area contributed by atoms with Gasteiger partial charge in [0, 0.05) is 18.4 Å². The Hall–Kier alpha value is -2.56. The Kier molecular flexibility index (Phi) is 4.78. The fraction of sp³-hybridized carbons (Fsp3) is 0.429. The highest BCUT2D eigenvalue weighted by Gasteiger charge is 2.29. The summed E-state index contributed by atoms with van der Waals surface area (Å²) in [4.78, 5) is 15.1. The lowest BCUT2D eigenvalue weighted by atomic mass is 10.1. The van der Waals surface area contributed by atoms with Gasteiger partial charge in [-0.15, -0.1) is 0 Å². The maximum absolute atomic E-state index is 13.1. The van der Waals surface area contributed by atoms with Gasteiger partial charge in [-0.25, -0.2) is 0 Å². The van der Waals surface area contributed by atoms with Crippen LogP contribution in [0, 0.1) is 0 Å². The first-order chi connectivity index (χ1) is 12.8. The van der Waals surface area contributed by atoms with Crippen molar-refractivity contribution in [2.75, 3.05) is 6.54 Å². The molecule has 0 bridgehead atoms. The number of carbonyl (C=O) groups excluding carboxylic acids is 1. The Morgan fingerprint density at radius 1 is 1.19 bits per heavy atom. The van der Waals surface area contributed by atoms with Gasteiger partial charge < -0.3 is 13.8 Å². The number of likely N-dealkylation sites (tertiary alicyclic amines) is 1. The van der Waals surface area contributed by atoms with Crippen molar-refractivity contribution in [2.24, 2.45) is 0 Å². The monoisotopic (exact) mass is 352 g/mol. The third kappa shape index (κ3) is 3.26. The van der Waals surface area contributed by atoms with Crippen molar-refractivity contribution in [1.82, 2.24) is 10.1 Å². The van der Waals surface area contributed by atoms with E-state index in [-0.39, 0.29) is 18.4 Å². The second kappa shape index (κ2) is 7.36. The predicted octanol–water partition coefficient (Wildman–Crippen LogP) is 4.67. The predicted molar refractivity (Wildman–Crippen MR) is 98.7 cm³/mol. The zero-order chi connectivity index (χ0) is 17.9. The molecule has 5 heteroatoms. The number of furan rings is 1. The summed E-state index contributed by atoms with van der Waals surface area (Å²) in [5.74, 6) is 1.96. The van der Waals surface area contributed by atoms with E-state index in [9.17, 15) is 4.79 Å². The fourth-order valence-corrected chi connectivity index (χ4v) is 3.78. The average Bonchev–Trinajstić information content (AvgIpc) is 3.22. The van der Waals surface area contributed by atoms with E-state index in [1.54, 1.807) is 0 Å². The van der Waals surface area contributed by atoms with Gasteiger partial charge in [0.2, 0.25) is 5.91 Å². The van der Waals surface area contributed by atoms with E-state index in [0.29, 0.717) is 5.69 Å². The van der Waals surface area contributed by atoms with Gasteiger partial charge in [0.15, 0.2) is 5.58 Å². The van der Waals surface area contributed by atoms with Crippen LogP contribution in [0.5, 0.6) is 0 Å². The number of nitrogens with zero attached hydrogens (tertiary/aromatic N) is 2. The molecule has 1 fully saturated rings. The minimum absolute atomic E-state index is 0.0171. The van der Waals surface area contributed by atoms with Crippen molar-refractivity contribution in [3.8, 4) is 0 Å². The molecular formula is C21H24N2O3. The molecule has 2 aromatic heterocycles. The number of benzene rings is 1. The Labute approximate surface area is 152 Å². The molecule has 1 saturated heterocycles. The summed E-state index contributed by atoms with van der Waals surface area (Å²) in [6, 6.07) is 11.7. The van der Waals surface area contributed by atoms with Gasteiger partial charge in [-0.05, 0) is 37.1 Å².